The molecule has 1 N–H and O–H groups in total. The minimum Gasteiger partial charge on any atom is -0.399 e. The van der Waals surface area contributed by atoms with Gasteiger partial charge in [-0.1, -0.05) is 30.3 Å². The first-order valence-corrected chi connectivity index (χ1v) is 9.74. The van der Waals surface area contributed by atoms with Crippen LogP contribution in [-0.2, 0) is 0 Å². The predicted octanol–water partition coefficient (Wildman–Crippen LogP) is 4.70. The van der Waals surface area contributed by atoms with E-state index in [-0.39, 0.29) is 12.1 Å². The minimum absolute atomic E-state index is 0.210. The number of thiophene rings is 1. The molecule has 1 amide bonds. The summed E-state index contributed by atoms with van der Waals surface area (Å²) in [7, 11) is 4.31. The van der Waals surface area contributed by atoms with Gasteiger partial charge >= 0.3 is 6.09 Å². The lowest BCUT2D eigenvalue weighted by atomic mass is 9.79. The Bertz CT molecular complexity index is 650. The minimum atomic E-state index is -0.335. The van der Waals surface area contributed by atoms with E-state index >= 15 is 0 Å². The highest BCUT2D eigenvalue weighted by Crippen LogP contribution is 2.37. The second kappa shape index (κ2) is 8.50. The zero-order valence-electron chi connectivity index (χ0n) is 14.9. The monoisotopic (exact) mass is 358 g/mol. The molecular weight excluding hydrogens is 332 g/mol. The van der Waals surface area contributed by atoms with Gasteiger partial charge in [0.1, 0.15) is 0 Å². The molecule has 1 atom stereocenters. The molecule has 4 nitrogen and oxygen atoms in total. The SMILES string of the molecule is CN(C)C(c1ccccc1)C1CCC(NC(=O)Oc2cccs2)CC1. The predicted molar refractivity (Wildman–Crippen MR) is 102 cm³/mol. The molecule has 1 aliphatic rings. The summed E-state index contributed by atoms with van der Waals surface area (Å²) in [5.41, 5.74) is 1.38. The Hall–Kier alpha value is -1.85. The second-order valence-corrected chi connectivity index (χ2v) is 7.81. The van der Waals surface area contributed by atoms with Crippen molar-refractivity contribution in [2.24, 2.45) is 5.92 Å². The highest BCUT2D eigenvalue weighted by Gasteiger charge is 2.30. The average Bonchev–Trinajstić information content (AvgIpc) is 3.10. The summed E-state index contributed by atoms with van der Waals surface area (Å²) in [5, 5.41) is 5.56. The van der Waals surface area contributed by atoms with E-state index in [4.69, 9.17) is 4.74 Å². The van der Waals surface area contributed by atoms with Crippen molar-refractivity contribution >= 4 is 17.4 Å². The van der Waals surface area contributed by atoms with Crippen molar-refractivity contribution in [3.8, 4) is 5.06 Å². The van der Waals surface area contributed by atoms with E-state index in [0.29, 0.717) is 17.0 Å². The summed E-state index contributed by atoms with van der Waals surface area (Å²) in [6.07, 6.45) is 3.89. The van der Waals surface area contributed by atoms with E-state index < -0.39 is 0 Å². The quantitative estimate of drug-likeness (QED) is 0.842. The molecule has 0 radical (unpaired) electrons. The van der Waals surface area contributed by atoms with Crippen LogP contribution in [0.25, 0.3) is 0 Å². The molecule has 1 aliphatic carbocycles. The van der Waals surface area contributed by atoms with Crippen LogP contribution in [-0.4, -0.2) is 31.1 Å². The number of carbonyl (C=O) groups excluding carboxylic acids is 1. The second-order valence-electron chi connectivity index (χ2n) is 6.90. The molecule has 1 fully saturated rings. The molecule has 0 saturated heterocycles. The Kier molecular flexibility index (Phi) is 6.10. The van der Waals surface area contributed by atoms with E-state index in [1.54, 1.807) is 0 Å². The maximum atomic E-state index is 12.0. The number of rotatable bonds is 5. The lowest BCUT2D eigenvalue weighted by Gasteiger charge is -2.37. The molecule has 134 valence electrons. The highest BCUT2D eigenvalue weighted by atomic mass is 32.1. The molecule has 2 aromatic rings. The molecule has 0 aliphatic heterocycles. The number of amides is 1. The third kappa shape index (κ3) is 4.83. The van der Waals surface area contributed by atoms with Gasteiger partial charge in [-0.25, -0.2) is 4.79 Å². The van der Waals surface area contributed by atoms with Gasteiger partial charge < -0.3 is 15.0 Å². The molecule has 1 unspecified atom stereocenters. The van der Waals surface area contributed by atoms with Gasteiger partial charge in [0.15, 0.2) is 5.06 Å². The Morgan fingerprint density at radius 1 is 1.12 bits per heavy atom. The molecule has 1 aromatic heterocycles. The van der Waals surface area contributed by atoms with Crippen LogP contribution in [0, 0.1) is 5.92 Å². The van der Waals surface area contributed by atoms with Gasteiger partial charge in [0.2, 0.25) is 0 Å². The molecule has 1 saturated carbocycles. The van der Waals surface area contributed by atoms with E-state index in [1.807, 2.05) is 17.5 Å². The van der Waals surface area contributed by atoms with Crippen LogP contribution in [0.4, 0.5) is 4.79 Å². The van der Waals surface area contributed by atoms with Crippen molar-refractivity contribution in [3.05, 3.63) is 53.4 Å². The van der Waals surface area contributed by atoms with Crippen LogP contribution in [0.3, 0.4) is 0 Å². The summed E-state index contributed by atoms with van der Waals surface area (Å²) in [4.78, 5) is 14.3. The van der Waals surface area contributed by atoms with Crippen molar-refractivity contribution in [2.45, 2.75) is 37.8 Å². The number of carbonyl (C=O) groups is 1. The third-order valence-corrected chi connectivity index (χ3v) is 5.67. The van der Waals surface area contributed by atoms with Gasteiger partial charge in [-0.2, -0.15) is 0 Å². The van der Waals surface area contributed by atoms with Crippen molar-refractivity contribution in [3.63, 3.8) is 0 Å². The molecule has 5 heteroatoms. The number of hydrogen-bond donors (Lipinski definition) is 1. The number of nitrogens with zero attached hydrogens (tertiary/aromatic N) is 1. The maximum Gasteiger partial charge on any atom is 0.413 e. The van der Waals surface area contributed by atoms with Gasteiger partial charge in [0, 0.05) is 12.1 Å². The van der Waals surface area contributed by atoms with Crippen molar-refractivity contribution in [2.75, 3.05) is 14.1 Å². The van der Waals surface area contributed by atoms with E-state index in [1.165, 1.54) is 16.9 Å². The molecular formula is C20H26N2O2S. The summed E-state index contributed by atoms with van der Waals surface area (Å²) >= 11 is 1.43. The molecule has 0 bridgehead atoms. The van der Waals surface area contributed by atoms with Crippen LogP contribution >= 0.6 is 11.3 Å². The fourth-order valence-electron chi connectivity index (χ4n) is 3.83. The van der Waals surface area contributed by atoms with Gasteiger partial charge in [0.25, 0.3) is 0 Å². The van der Waals surface area contributed by atoms with Crippen LogP contribution < -0.4 is 10.1 Å². The van der Waals surface area contributed by atoms with Gasteiger partial charge in [0.05, 0.1) is 0 Å². The van der Waals surface area contributed by atoms with Crippen molar-refractivity contribution < 1.29 is 9.53 Å². The molecule has 25 heavy (non-hydrogen) atoms. The first-order chi connectivity index (χ1) is 12.1. The Morgan fingerprint density at radius 3 is 2.44 bits per heavy atom. The summed E-state index contributed by atoms with van der Waals surface area (Å²) in [6, 6.07) is 15.0. The van der Waals surface area contributed by atoms with E-state index in [2.05, 4.69) is 54.6 Å². The molecule has 1 heterocycles. The van der Waals surface area contributed by atoms with Crippen LogP contribution in [0.2, 0.25) is 0 Å². The van der Waals surface area contributed by atoms with Gasteiger partial charge in [-0.3, -0.25) is 0 Å². The largest absolute Gasteiger partial charge is 0.413 e. The zero-order chi connectivity index (χ0) is 17.6. The third-order valence-electron chi connectivity index (χ3n) is 4.93. The number of benzene rings is 1. The topological polar surface area (TPSA) is 41.6 Å². The standard InChI is InChI=1S/C20H26N2O2S/c1-22(2)19(15-7-4-3-5-8-15)16-10-12-17(13-11-16)21-20(23)24-18-9-6-14-25-18/h3-9,14,16-17,19H,10-13H2,1-2H3,(H,21,23). The van der Waals surface area contributed by atoms with Crippen LogP contribution in [0.15, 0.2) is 47.8 Å². The molecule has 0 spiro atoms. The number of hydrogen-bond acceptors (Lipinski definition) is 4. The van der Waals surface area contributed by atoms with E-state index in [9.17, 15) is 4.79 Å². The lowest BCUT2D eigenvalue weighted by Crippen LogP contribution is -2.41. The summed E-state index contributed by atoms with van der Waals surface area (Å²) < 4.78 is 5.30. The normalized spacial score (nSPS) is 21.7. The zero-order valence-corrected chi connectivity index (χ0v) is 15.7. The fraction of sp³-hybridized carbons (Fsp3) is 0.450. The average molecular weight is 359 g/mol. The first kappa shape index (κ1) is 18.0. The first-order valence-electron chi connectivity index (χ1n) is 8.86. The van der Waals surface area contributed by atoms with Crippen molar-refractivity contribution in [1.29, 1.82) is 0 Å². The maximum absolute atomic E-state index is 12.0. The summed E-state index contributed by atoms with van der Waals surface area (Å²) in [5.74, 6) is 0.615. The molecule has 1 aromatic carbocycles. The van der Waals surface area contributed by atoms with E-state index in [0.717, 1.165) is 25.7 Å². The number of nitrogens with one attached hydrogen (secondary N) is 1. The molecule has 3 rings (SSSR count). The fourth-order valence-corrected chi connectivity index (χ4v) is 4.40. The Morgan fingerprint density at radius 2 is 1.84 bits per heavy atom. The van der Waals surface area contributed by atoms with Crippen LogP contribution in [0.5, 0.6) is 5.06 Å². The van der Waals surface area contributed by atoms with Crippen LogP contribution in [0.1, 0.15) is 37.3 Å². The highest BCUT2D eigenvalue weighted by molar-refractivity contribution is 7.11. The smallest absolute Gasteiger partial charge is 0.399 e. The number of ether oxygens (including phenoxy) is 1. The summed E-state index contributed by atoms with van der Waals surface area (Å²) in [6.45, 7) is 0. The Labute approximate surface area is 153 Å². The van der Waals surface area contributed by atoms with Crippen molar-refractivity contribution in [1.82, 2.24) is 10.2 Å². The van der Waals surface area contributed by atoms with Gasteiger partial charge in [-0.05, 0) is 68.8 Å². The Balaban J connectivity index is 1.53. The van der Waals surface area contributed by atoms with Gasteiger partial charge in [-0.15, -0.1) is 11.3 Å². The lowest BCUT2D eigenvalue weighted by molar-refractivity contribution is 0.151.